The van der Waals surface area contributed by atoms with Crippen molar-refractivity contribution in [1.82, 2.24) is 10.3 Å². The lowest BCUT2D eigenvalue weighted by molar-refractivity contribution is -0.139. The summed E-state index contributed by atoms with van der Waals surface area (Å²) in [5.74, 6) is -2.68. The fourth-order valence-electron chi connectivity index (χ4n) is 1.13. The molecule has 0 radical (unpaired) electrons. The Labute approximate surface area is 91.3 Å². The number of carbonyl (C=O) groups is 2. The number of amides is 1. The van der Waals surface area contributed by atoms with E-state index in [9.17, 15) is 14.0 Å². The van der Waals surface area contributed by atoms with E-state index >= 15 is 0 Å². The predicted molar refractivity (Wildman–Crippen MR) is 53.4 cm³/mol. The van der Waals surface area contributed by atoms with Crippen LogP contribution in [0.5, 0.6) is 0 Å². The largest absolute Gasteiger partial charge is 0.480 e. The molecule has 0 saturated carbocycles. The molecule has 1 aromatic rings. The van der Waals surface area contributed by atoms with Gasteiger partial charge in [0.1, 0.15) is 6.04 Å². The Hall–Kier alpha value is -1.98. The molecular formula is C10H11FN2O3. The second kappa shape index (κ2) is 5.20. The van der Waals surface area contributed by atoms with E-state index in [-0.39, 0.29) is 12.0 Å². The fourth-order valence-corrected chi connectivity index (χ4v) is 1.13. The quantitative estimate of drug-likeness (QED) is 0.796. The molecule has 1 aromatic heterocycles. The van der Waals surface area contributed by atoms with Gasteiger partial charge in [-0.3, -0.25) is 9.78 Å². The number of nitrogens with zero attached hydrogens (tertiary/aromatic N) is 1. The average molecular weight is 226 g/mol. The molecule has 1 atom stereocenters. The maximum Gasteiger partial charge on any atom is 0.326 e. The molecule has 0 unspecified atom stereocenters. The second-order valence-corrected chi connectivity index (χ2v) is 3.13. The summed E-state index contributed by atoms with van der Waals surface area (Å²) < 4.78 is 13.1. The van der Waals surface area contributed by atoms with Crippen LogP contribution >= 0.6 is 0 Å². The summed E-state index contributed by atoms with van der Waals surface area (Å²) in [7, 11) is 0. The van der Waals surface area contributed by atoms with E-state index in [0.29, 0.717) is 0 Å². The zero-order chi connectivity index (χ0) is 12.1. The number of aliphatic carboxylic acids is 1. The number of nitrogens with one attached hydrogen (secondary N) is 1. The van der Waals surface area contributed by atoms with Gasteiger partial charge in [0.05, 0.1) is 11.8 Å². The molecule has 0 bridgehead atoms. The number of hydrogen-bond donors (Lipinski definition) is 2. The van der Waals surface area contributed by atoms with Gasteiger partial charge in [-0.2, -0.15) is 0 Å². The van der Waals surface area contributed by atoms with Crippen LogP contribution in [0.25, 0.3) is 0 Å². The van der Waals surface area contributed by atoms with Crippen LogP contribution in [0.1, 0.15) is 23.7 Å². The van der Waals surface area contributed by atoms with Crippen LogP contribution in [0, 0.1) is 5.82 Å². The molecule has 86 valence electrons. The smallest absolute Gasteiger partial charge is 0.326 e. The van der Waals surface area contributed by atoms with Crippen LogP contribution in [-0.4, -0.2) is 28.0 Å². The van der Waals surface area contributed by atoms with E-state index in [2.05, 4.69) is 10.3 Å². The molecule has 5 nitrogen and oxygen atoms in total. The van der Waals surface area contributed by atoms with Crippen molar-refractivity contribution >= 4 is 11.9 Å². The van der Waals surface area contributed by atoms with Crippen LogP contribution < -0.4 is 5.32 Å². The van der Waals surface area contributed by atoms with Crippen molar-refractivity contribution in [3.05, 3.63) is 29.8 Å². The lowest BCUT2D eigenvalue weighted by atomic mass is 10.2. The summed E-state index contributed by atoms with van der Waals surface area (Å²) in [6.45, 7) is 1.61. The minimum absolute atomic E-state index is 0.213. The highest BCUT2D eigenvalue weighted by Gasteiger charge is 2.20. The Kier molecular flexibility index (Phi) is 3.93. The third kappa shape index (κ3) is 2.75. The first-order chi connectivity index (χ1) is 7.56. The SMILES string of the molecule is CC[C@@H](NC(=O)c1ccncc1F)C(=O)O. The molecule has 1 heterocycles. The molecule has 1 amide bonds. The van der Waals surface area contributed by atoms with E-state index in [0.717, 1.165) is 6.20 Å². The summed E-state index contributed by atoms with van der Waals surface area (Å²) in [6.07, 6.45) is 2.39. The standard InChI is InChI=1S/C10H11FN2O3/c1-2-8(10(15)16)13-9(14)6-3-4-12-5-7(6)11/h3-5,8H,2H2,1H3,(H,13,14)(H,15,16)/t8-/m1/s1. The molecular weight excluding hydrogens is 215 g/mol. The number of halogens is 1. The van der Waals surface area contributed by atoms with Crippen molar-refractivity contribution in [1.29, 1.82) is 0 Å². The first kappa shape index (κ1) is 12.1. The third-order valence-corrected chi connectivity index (χ3v) is 2.03. The highest BCUT2D eigenvalue weighted by atomic mass is 19.1. The van der Waals surface area contributed by atoms with Crippen LogP contribution in [0.2, 0.25) is 0 Å². The first-order valence-corrected chi connectivity index (χ1v) is 4.69. The molecule has 0 fully saturated rings. The summed E-state index contributed by atoms with van der Waals surface area (Å²) >= 11 is 0. The summed E-state index contributed by atoms with van der Waals surface area (Å²) in [5.41, 5.74) is -0.213. The molecule has 0 aliphatic heterocycles. The van der Waals surface area contributed by atoms with E-state index in [1.807, 2.05) is 0 Å². The molecule has 6 heteroatoms. The van der Waals surface area contributed by atoms with Gasteiger partial charge in [-0.15, -0.1) is 0 Å². The van der Waals surface area contributed by atoms with E-state index < -0.39 is 23.7 Å². The lowest BCUT2D eigenvalue weighted by Crippen LogP contribution is -2.40. The minimum atomic E-state index is -1.15. The molecule has 1 rings (SSSR count). The number of rotatable bonds is 4. The number of carboxylic acid groups (broad SMARTS) is 1. The van der Waals surface area contributed by atoms with Gasteiger partial charge in [0.25, 0.3) is 5.91 Å². The molecule has 0 aliphatic rings. The maximum absolute atomic E-state index is 13.1. The summed E-state index contributed by atoms with van der Waals surface area (Å²) in [5, 5.41) is 10.9. The molecule has 0 spiro atoms. The topological polar surface area (TPSA) is 79.3 Å². The highest BCUT2D eigenvalue weighted by Crippen LogP contribution is 2.05. The van der Waals surface area contributed by atoms with Crippen molar-refractivity contribution in [2.45, 2.75) is 19.4 Å². The Morgan fingerprint density at radius 2 is 2.31 bits per heavy atom. The predicted octanol–water partition coefficient (Wildman–Crippen LogP) is 0.814. The van der Waals surface area contributed by atoms with Gasteiger partial charge in [-0.1, -0.05) is 6.92 Å². The molecule has 2 N–H and O–H groups in total. The van der Waals surface area contributed by atoms with Crippen molar-refractivity contribution in [2.75, 3.05) is 0 Å². The second-order valence-electron chi connectivity index (χ2n) is 3.13. The van der Waals surface area contributed by atoms with Crippen molar-refractivity contribution < 1.29 is 19.1 Å². The van der Waals surface area contributed by atoms with E-state index in [4.69, 9.17) is 5.11 Å². The first-order valence-electron chi connectivity index (χ1n) is 4.69. The average Bonchev–Trinajstić information content (AvgIpc) is 2.25. The summed E-state index contributed by atoms with van der Waals surface area (Å²) in [6, 6.07) is 0.180. The lowest BCUT2D eigenvalue weighted by Gasteiger charge is -2.12. The number of hydrogen-bond acceptors (Lipinski definition) is 3. The number of aromatic nitrogens is 1. The molecule has 0 aliphatic carbocycles. The zero-order valence-corrected chi connectivity index (χ0v) is 8.61. The van der Waals surface area contributed by atoms with E-state index in [1.54, 1.807) is 6.92 Å². The van der Waals surface area contributed by atoms with Gasteiger partial charge < -0.3 is 10.4 Å². The molecule has 0 saturated heterocycles. The van der Waals surface area contributed by atoms with Gasteiger partial charge >= 0.3 is 5.97 Å². The van der Waals surface area contributed by atoms with Crippen molar-refractivity contribution in [2.24, 2.45) is 0 Å². The molecule has 0 aromatic carbocycles. The normalized spacial score (nSPS) is 11.9. The number of pyridine rings is 1. The van der Waals surface area contributed by atoms with Gasteiger partial charge in [-0.05, 0) is 12.5 Å². The van der Waals surface area contributed by atoms with Gasteiger partial charge in [0.15, 0.2) is 5.82 Å². The number of carboxylic acids is 1. The van der Waals surface area contributed by atoms with E-state index in [1.165, 1.54) is 12.3 Å². The highest BCUT2D eigenvalue weighted by molar-refractivity contribution is 5.96. The van der Waals surface area contributed by atoms with Crippen LogP contribution in [0.4, 0.5) is 4.39 Å². The third-order valence-electron chi connectivity index (χ3n) is 2.03. The van der Waals surface area contributed by atoms with Gasteiger partial charge in [0.2, 0.25) is 0 Å². The Bertz CT molecular complexity index is 409. The van der Waals surface area contributed by atoms with Crippen LogP contribution in [-0.2, 0) is 4.79 Å². The van der Waals surface area contributed by atoms with Crippen molar-refractivity contribution in [3.8, 4) is 0 Å². The number of carbonyl (C=O) groups excluding carboxylic acids is 1. The minimum Gasteiger partial charge on any atom is -0.480 e. The molecule has 16 heavy (non-hydrogen) atoms. The zero-order valence-electron chi connectivity index (χ0n) is 8.61. The monoisotopic (exact) mass is 226 g/mol. The maximum atomic E-state index is 13.1. The van der Waals surface area contributed by atoms with Crippen molar-refractivity contribution in [3.63, 3.8) is 0 Å². The van der Waals surface area contributed by atoms with Gasteiger partial charge in [-0.25, -0.2) is 9.18 Å². The Balaban J connectivity index is 2.80. The van der Waals surface area contributed by atoms with Crippen LogP contribution in [0.15, 0.2) is 18.5 Å². The fraction of sp³-hybridized carbons (Fsp3) is 0.300. The Morgan fingerprint density at radius 3 is 2.81 bits per heavy atom. The summed E-state index contributed by atoms with van der Waals surface area (Å²) in [4.78, 5) is 25.6. The van der Waals surface area contributed by atoms with Gasteiger partial charge in [0, 0.05) is 6.20 Å². The van der Waals surface area contributed by atoms with Crippen LogP contribution in [0.3, 0.4) is 0 Å². The Morgan fingerprint density at radius 1 is 1.62 bits per heavy atom.